The molecule has 0 aromatic heterocycles. The van der Waals surface area contributed by atoms with E-state index < -0.39 is 11.9 Å². The van der Waals surface area contributed by atoms with Gasteiger partial charge in [-0.2, -0.15) is 15.2 Å². The van der Waals surface area contributed by atoms with Crippen LogP contribution in [0.4, 0.5) is 11.4 Å². The van der Waals surface area contributed by atoms with Crippen molar-refractivity contribution in [3.05, 3.63) is 71.8 Å². The lowest BCUT2D eigenvalue weighted by Crippen LogP contribution is -2.28. The fourth-order valence-corrected chi connectivity index (χ4v) is 3.91. The number of phenols is 1. The zero-order chi connectivity index (χ0) is 23.8. The number of benzene rings is 3. The van der Waals surface area contributed by atoms with Crippen LogP contribution >= 0.6 is 0 Å². The van der Waals surface area contributed by atoms with Crippen molar-refractivity contribution in [2.24, 2.45) is 10.2 Å². The normalized spacial score (nSPS) is 15.8. The van der Waals surface area contributed by atoms with Gasteiger partial charge in [0.15, 0.2) is 5.71 Å². The third kappa shape index (κ3) is 3.73. The second kappa shape index (κ2) is 8.36. The van der Waals surface area contributed by atoms with Crippen molar-refractivity contribution in [2.45, 2.75) is 13.3 Å². The molecule has 0 radical (unpaired) electrons. The Morgan fingerprint density at radius 1 is 1.15 bits per heavy atom. The van der Waals surface area contributed by atoms with Crippen LogP contribution in [0.5, 0.6) is 11.5 Å². The largest absolute Gasteiger partial charge is 0.505 e. The lowest BCUT2D eigenvalue weighted by Gasteiger charge is -2.13. The number of carbonyl (C=O) groups excluding carboxylic acids is 1. The molecule has 2 aliphatic heterocycles. The Hall–Kier alpha value is -4.66. The number of carboxylic acid groups (broad SMARTS) is 1. The molecule has 0 atom stereocenters. The Balaban J connectivity index is 1.40. The van der Waals surface area contributed by atoms with E-state index in [1.165, 1.54) is 17.1 Å². The molecule has 0 spiro atoms. The first-order valence-electron chi connectivity index (χ1n) is 10.6. The number of aromatic hydroxyl groups is 1. The number of hydrogen-bond donors (Lipinski definition) is 3. The number of nitrogens with zero attached hydrogens (tertiary/aromatic N) is 3. The SMILES string of the molecule is CC1=NN(c2ccc3c(c2)CCO3)C(=O)C1=NNc1cccc(-c2cccc(C(=O)O)c2)c1O. The van der Waals surface area contributed by atoms with Gasteiger partial charge in [0.2, 0.25) is 0 Å². The first-order chi connectivity index (χ1) is 16.4. The van der Waals surface area contributed by atoms with Gasteiger partial charge in [0.05, 0.1) is 29.3 Å². The van der Waals surface area contributed by atoms with E-state index in [9.17, 15) is 19.8 Å². The summed E-state index contributed by atoms with van der Waals surface area (Å²) in [7, 11) is 0. The highest BCUT2D eigenvalue weighted by atomic mass is 16.5. The van der Waals surface area contributed by atoms with E-state index in [1.54, 1.807) is 43.3 Å². The molecule has 3 aromatic carbocycles. The van der Waals surface area contributed by atoms with E-state index in [0.717, 1.165) is 17.7 Å². The van der Waals surface area contributed by atoms with Crippen LogP contribution in [0.15, 0.2) is 70.9 Å². The van der Waals surface area contributed by atoms with Crippen LogP contribution in [0.1, 0.15) is 22.8 Å². The molecule has 3 N–H and O–H groups in total. The molecule has 0 aliphatic carbocycles. The molecule has 1 amide bonds. The summed E-state index contributed by atoms with van der Waals surface area (Å²) in [4.78, 5) is 24.3. The van der Waals surface area contributed by atoms with E-state index >= 15 is 0 Å². The molecule has 5 rings (SSSR count). The summed E-state index contributed by atoms with van der Waals surface area (Å²) in [5.74, 6) is -0.758. The number of phenolic OH excluding ortho intramolecular Hbond substituents is 1. The van der Waals surface area contributed by atoms with Crippen molar-refractivity contribution in [1.82, 2.24) is 0 Å². The number of para-hydroxylation sites is 1. The van der Waals surface area contributed by atoms with Crippen molar-refractivity contribution in [3.8, 4) is 22.6 Å². The summed E-state index contributed by atoms with van der Waals surface area (Å²) >= 11 is 0. The summed E-state index contributed by atoms with van der Waals surface area (Å²) in [6.07, 6.45) is 0.779. The molecule has 0 unspecified atom stereocenters. The first-order valence-corrected chi connectivity index (χ1v) is 10.6. The molecule has 0 fully saturated rings. The molecule has 0 bridgehead atoms. The van der Waals surface area contributed by atoms with E-state index in [1.807, 2.05) is 12.1 Å². The van der Waals surface area contributed by atoms with Gasteiger partial charge in [-0.25, -0.2) is 4.79 Å². The lowest BCUT2D eigenvalue weighted by atomic mass is 10.0. The average Bonchev–Trinajstić information content (AvgIpc) is 3.42. The predicted molar refractivity (Wildman–Crippen MR) is 128 cm³/mol. The van der Waals surface area contributed by atoms with Gasteiger partial charge in [0, 0.05) is 12.0 Å². The zero-order valence-corrected chi connectivity index (χ0v) is 18.1. The van der Waals surface area contributed by atoms with Crippen molar-refractivity contribution >= 4 is 34.7 Å². The number of rotatable bonds is 5. The maximum atomic E-state index is 13.0. The van der Waals surface area contributed by atoms with E-state index in [0.29, 0.717) is 29.1 Å². The maximum Gasteiger partial charge on any atom is 0.335 e. The van der Waals surface area contributed by atoms with Gasteiger partial charge in [0.25, 0.3) is 0 Å². The number of amides is 1. The summed E-state index contributed by atoms with van der Waals surface area (Å²) in [5, 5.41) is 29.9. The van der Waals surface area contributed by atoms with Crippen molar-refractivity contribution < 1.29 is 24.5 Å². The zero-order valence-electron chi connectivity index (χ0n) is 18.1. The molecule has 0 saturated heterocycles. The van der Waals surface area contributed by atoms with Gasteiger partial charge in [-0.05, 0) is 54.4 Å². The van der Waals surface area contributed by atoms with Crippen molar-refractivity contribution in [2.75, 3.05) is 17.0 Å². The molecule has 3 aromatic rings. The molecule has 2 heterocycles. The Morgan fingerprint density at radius 2 is 1.97 bits per heavy atom. The second-order valence-corrected chi connectivity index (χ2v) is 7.85. The first kappa shape index (κ1) is 21.2. The van der Waals surface area contributed by atoms with Crippen LogP contribution in [0.2, 0.25) is 0 Å². The highest BCUT2D eigenvalue weighted by Crippen LogP contribution is 2.36. The number of carbonyl (C=O) groups is 2. The summed E-state index contributed by atoms with van der Waals surface area (Å²) in [6.45, 7) is 2.30. The number of carboxylic acids is 1. The van der Waals surface area contributed by atoms with Crippen LogP contribution in [-0.2, 0) is 11.2 Å². The summed E-state index contributed by atoms with van der Waals surface area (Å²) < 4.78 is 5.52. The number of anilines is 2. The van der Waals surface area contributed by atoms with Crippen LogP contribution < -0.4 is 15.2 Å². The fourth-order valence-electron chi connectivity index (χ4n) is 3.91. The van der Waals surface area contributed by atoms with Gasteiger partial charge in [-0.1, -0.05) is 24.3 Å². The quantitative estimate of drug-likeness (QED) is 0.395. The molecule has 9 nitrogen and oxygen atoms in total. The Bertz CT molecular complexity index is 1400. The Labute approximate surface area is 194 Å². The molecule has 2 aliphatic rings. The molecule has 170 valence electrons. The second-order valence-electron chi connectivity index (χ2n) is 7.85. The van der Waals surface area contributed by atoms with Crippen LogP contribution in [0.25, 0.3) is 11.1 Å². The van der Waals surface area contributed by atoms with Crippen LogP contribution in [0.3, 0.4) is 0 Å². The monoisotopic (exact) mass is 456 g/mol. The predicted octanol–water partition coefficient (Wildman–Crippen LogP) is 3.88. The van der Waals surface area contributed by atoms with Gasteiger partial charge in [-0.15, -0.1) is 0 Å². The molecular weight excluding hydrogens is 436 g/mol. The minimum absolute atomic E-state index is 0.108. The maximum absolute atomic E-state index is 13.0. The topological polar surface area (TPSA) is 124 Å². The van der Waals surface area contributed by atoms with Gasteiger partial charge in [0.1, 0.15) is 11.5 Å². The van der Waals surface area contributed by atoms with Gasteiger partial charge >= 0.3 is 11.9 Å². The number of hydrogen-bond acceptors (Lipinski definition) is 7. The Morgan fingerprint density at radius 3 is 2.79 bits per heavy atom. The molecule has 0 saturated carbocycles. The number of ether oxygens (including phenoxy) is 1. The van der Waals surface area contributed by atoms with Gasteiger partial charge in [-0.3, -0.25) is 10.2 Å². The molecule has 34 heavy (non-hydrogen) atoms. The average molecular weight is 456 g/mol. The van der Waals surface area contributed by atoms with E-state index in [2.05, 4.69) is 15.6 Å². The number of fused-ring (bicyclic) bond motifs is 1. The smallest absolute Gasteiger partial charge is 0.335 e. The number of hydrazone groups is 2. The van der Waals surface area contributed by atoms with Crippen molar-refractivity contribution in [3.63, 3.8) is 0 Å². The minimum Gasteiger partial charge on any atom is -0.505 e. The highest BCUT2D eigenvalue weighted by Gasteiger charge is 2.31. The van der Waals surface area contributed by atoms with E-state index in [4.69, 9.17) is 4.74 Å². The molecular formula is C25H20N4O5. The van der Waals surface area contributed by atoms with Crippen LogP contribution in [-0.4, -0.2) is 40.1 Å². The highest BCUT2D eigenvalue weighted by molar-refractivity contribution is 6.71. The van der Waals surface area contributed by atoms with Crippen LogP contribution in [0, 0.1) is 0 Å². The van der Waals surface area contributed by atoms with E-state index in [-0.39, 0.29) is 22.7 Å². The third-order valence-electron chi connectivity index (χ3n) is 5.65. The molecule has 9 heteroatoms. The Kier molecular flexibility index (Phi) is 5.21. The standard InChI is InChI=1S/C25H20N4O5/c1-14-22(24(31)29(28-14)18-8-9-21-16(13-18)10-11-34-21)27-26-20-7-3-6-19(23(20)30)15-4-2-5-17(12-15)25(32)33/h2-9,12-13,26,30H,10-11H2,1H3,(H,32,33). The number of nitrogens with one attached hydrogen (secondary N) is 1. The van der Waals surface area contributed by atoms with Gasteiger partial charge < -0.3 is 14.9 Å². The lowest BCUT2D eigenvalue weighted by molar-refractivity contribution is -0.112. The van der Waals surface area contributed by atoms with Crippen molar-refractivity contribution in [1.29, 1.82) is 0 Å². The third-order valence-corrected chi connectivity index (χ3v) is 5.65. The fraction of sp³-hybridized carbons (Fsp3) is 0.120. The summed E-state index contributed by atoms with van der Waals surface area (Å²) in [6, 6.07) is 16.7. The minimum atomic E-state index is -1.06. The summed E-state index contributed by atoms with van der Waals surface area (Å²) in [5.41, 5.74) is 6.29. The number of aromatic carboxylic acids is 1.